The average Bonchev–Trinajstić information content (AvgIpc) is 2.10. The summed E-state index contributed by atoms with van der Waals surface area (Å²) in [6.45, 7) is 0.186. The zero-order valence-corrected chi connectivity index (χ0v) is 7.06. The smallest absolute Gasteiger partial charge is 0.337 e. The first-order chi connectivity index (χ1) is 6.56. The van der Waals surface area contributed by atoms with Crippen molar-refractivity contribution in [3.8, 4) is 5.75 Å². The second kappa shape index (κ2) is 3.65. The fourth-order valence-electron chi connectivity index (χ4n) is 0.951. The second-order valence-electron chi connectivity index (χ2n) is 2.50. The molecule has 6 heteroatoms. The maximum absolute atomic E-state index is 10.6. The molecule has 0 aromatic heterocycles. The van der Waals surface area contributed by atoms with E-state index < -0.39 is 5.97 Å². The van der Waals surface area contributed by atoms with Crippen LogP contribution in [0.25, 0.3) is 0 Å². The molecule has 1 aromatic carbocycles. The van der Waals surface area contributed by atoms with Gasteiger partial charge < -0.3 is 21.3 Å². The van der Waals surface area contributed by atoms with E-state index in [0.717, 1.165) is 6.07 Å². The van der Waals surface area contributed by atoms with Crippen molar-refractivity contribution in [1.29, 1.82) is 0 Å². The Kier molecular flexibility index (Phi) is 2.57. The van der Waals surface area contributed by atoms with Crippen LogP contribution in [0.2, 0.25) is 0 Å². The Morgan fingerprint density at radius 3 is 2.50 bits per heavy atom. The van der Waals surface area contributed by atoms with E-state index in [-0.39, 0.29) is 29.2 Å². The topological polar surface area (TPSA) is 116 Å². The lowest BCUT2D eigenvalue weighted by molar-refractivity contribution is -0.120. The molecule has 1 aromatic rings. The Hall–Kier alpha value is -2.24. The number of hydrogen-bond donors (Lipinski definition) is 3. The number of rotatable bonds is 3. The maximum Gasteiger partial charge on any atom is 0.337 e. The van der Waals surface area contributed by atoms with Gasteiger partial charge in [0.2, 0.25) is 0 Å². The third kappa shape index (κ3) is 1.74. The van der Waals surface area contributed by atoms with Gasteiger partial charge in [0.25, 0.3) is 6.47 Å². The van der Waals surface area contributed by atoms with E-state index in [1.165, 1.54) is 6.07 Å². The Morgan fingerprint density at radius 2 is 2.00 bits per heavy atom. The predicted molar refractivity (Wildman–Crippen MR) is 48.9 cm³/mol. The first kappa shape index (κ1) is 9.85. The van der Waals surface area contributed by atoms with Gasteiger partial charge in [-0.1, -0.05) is 0 Å². The summed E-state index contributed by atoms with van der Waals surface area (Å²) < 4.78 is 4.47. The molecule has 74 valence electrons. The molecular weight excluding hydrogens is 188 g/mol. The summed E-state index contributed by atoms with van der Waals surface area (Å²) in [5, 5.41) is 8.66. The van der Waals surface area contributed by atoms with Crippen LogP contribution >= 0.6 is 0 Å². The van der Waals surface area contributed by atoms with Gasteiger partial charge in [-0.15, -0.1) is 0 Å². The molecule has 0 spiro atoms. The van der Waals surface area contributed by atoms with Crippen LogP contribution in [-0.4, -0.2) is 17.5 Å². The molecule has 0 fully saturated rings. The molecule has 0 amide bonds. The summed E-state index contributed by atoms with van der Waals surface area (Å²) in [5.74, 6) is -1.14. The van der Waals surface area contributed by atoms with Crippen molar-refractivity contribution in [2.75, 3.05) is 11.5 Å². The molecule has 6 nitrogen and oxygen atoms in total. The third-order valence-corrected chi connectivity index (χ3v) is 1.59. The monoisotopic (exact) mass is 196 g/mol. The third-order valence-electron chi connectivity index (χ3n) is 1.59. The average molecular weight is 196 g/mol. The van der Waals surface area contributed by atoms with Gasteiger partial charge in [0.05, 0.1) is 11.3 Å². The van der Waals surface area contributed by atoms with E-state index in [1.54, 1.807) is 0 Å². The van der Waals surface area contributed by atoms with Crippen molar-refractivity contribution in [2.45, 2.75) is 0 Å². The highest BCUT2D eigenvalue weighted by atomic mass is 16.5. The first-order valence-corrected chi connectivity index (χ1v) is 3.59. The quantitative estimate of drug-likeness (QED) is 0.465. The molecule has 1 rings (SSSR count). The van der Waals surface area contributed by atoms with Gasteiger partial charge in [-0.05, 0) is 6.07 Å². The van der Waals surface area contributed by atoms with Gasteiger partial charge in [-0.2, -0.15) is 0 Å². The summed E-state index contributed by atoms with van der Waals surface area (Å²) in [7, 11) is 0. The van der Waals surface area contributed by atoms with Gasteiger partial charge in [0.15, 0.2) is 5.75 Å². The highest BCUT2D eigenvalue weighted by Gasteiger charge is 2.12. The van der Waals surface area contributed by atoms with Crippen molar-refractivity contribution in [1.82, 2.24) is 0 Å². The molecule has 0 heterocycles. The van der Waals surface area contributed by atoms with E-state index in [1.807, 2.05) is 0 Å². The molecule has 5 N–H and O–H groups in total. The van der Waals surface area contributed by atoms with E-state index in [2.05, 4.69) is 4.74 Å². The molecule has 0 saturated heterocycles. The summed E-state index contributed by atoms with van der Waals surface area (Å²) >= 11 is 0. The minimum atomic E-state index is -1.19. The van der Waals surface area contributed by atoms with Crippen molar-refractivity contribution in [3.05, 3.63) is 17.7 Å². The van der Waals surface area contributed by atoms with Crippen LogP contribution in [0.15, 0.2) is 12.1 Å². The van der Waals surface area contributed by atoms with E-state index >= 15 is 0 Å². The Bertz CT molecular complexity index is 389. The second-order valence-corrected chi connectivity index (χ2v) is 2.50. The molecule has 0 aliphatic carbocycles. The van der Waals surface area contributed by atoms with Crippen LogP contribution in [0, 0.1) is 0 Å². The Balaban J connectivity index is 3.23. The zero-order valence-electron chi connectivity index (χ0n) is 7.06. The normalized spacial score (nSPS) is 9.43. The van der Waals surface area contributed by atoms with Crippen LogP contribution in [0.5, 0.6) is 5.75 Å². The number of aromatic carboxylic acids is 1. The van der Waals surface area contributed by atoms with E-state index in [4.69, 9.17) is 16.6 Å². The van der Waals surface area contributed by atoms with Gasteiger partial charge in [0, 0.05) is 11.8 Å². The largest absolute Gasteiger partial charge is 0.478 e. The molecule has 0 unspecified atom stereocenters. The summed E-state index contributed by atoms with van der Waals surface area (Å²) in [6, 6.07) is 2.32. The predicted octanol–water partition coefficient (Wildman–Crippen LogP) is 0.0844. The van der Waals surface area contributed by atoms with Crippen LogP contribution in [-0.2, 0) is 4.79 Å². The molecule has 0 saturated carbocycles. The lowest BCUT2D eigenvalue weighted by atomic mass is 10.1. The fraction of sp³-hybridized carbons (Fsp3) is 0. The summed E-state index contributed by atoms with van der Waals surface area (Å²) in [6.07, 6.45) is 0. The van der Waals surface area contributed by atoms with Crippen LogP contribution in [0.3, 0.4) is 0 Å². The molecular formula is C8H8N2O4. The number of nitrogens with two attached hydrogens (primary N) is 2. The number of carbonyl (C=O) groups is 2. The van der Waals surface area contributed by atoms with Crippen molar-refractivity contribution in [3.63, 3.8) is 0 Å². The molecule has 14 heavy (non-hydrogen) atoms. The molecule has 0 atom stereocenters. The number of benzene rings is 1. The molecule has 0 bridgehead atoms. The van der Waals surface area contributed by atoms with Crippen molar-refractivity contribution < 1.29 is 19.4 Å². The molecule has 0 aliphatic rings. The molecule has 0 aliphatic heterocycles. The van der Waals surface area contributed by atoms with Gasteiger partial charge in [-0.3, -0.25) is 4.79 Å². The lowest BCUT2D eigenvalue weighted by Gasteiger charge is -2.06. The minimum Gasteiger partial charge on any atom is -0.478 e. The highest BCUT2D eigenvalue weighted by molar-refractivity contribution is 5.95. The van der Waals surface area contributed by atoms with E-state index in [9.17, 15) is 9.59 Å². The van der Waals surface area contributed by atoms with Crippen molar-refractivity contribution >= 4 is 23.8 Å². The lowest BCUT2D eigenvalue weighted by Crippen LogP contribution is -2.05. The number of anilines is 2. The highest BCUT2D eigenvalue weighted by Crippen LogP contribution is 2.27. The maximum atomic E-state index is 10.6. The van der Waals surface area contributed by atoms with Gasteiger partial charge in [-0.25, -0.2) is 4.79 Å². The zero-order chi connectivity index (χ0) is 10.7. The van der Waals surface area contributed by atoms with Crippen LogP contribution in [0.1, 0.15) is 10.4 Å². The van der Waals surface area contributed by atoms with Crippen LogP contribution < -0.4 is 16.2 Å². The summed E-state index contributed by atoms with van der Waals surface area (Å²) in [5.41, 5.74) is 10.7. The Morgan fingerprint density at radius 1 is 1.36 bits per heavy atom. The number of carboxylic acids is 1. The Labute approximate surface area is 79.1 Å². The van der Waals surface area contributed by atoms with E-state index in [0.29, 0.717) is 0 Å². The number of ether oxygens (including phenoxy) is 1. The van der Waals surface area contributed by atoms with Crippen LogP contribution in [0.4, 0.5) is 11.4 Å². The minimum absolute atomic E-state index is 0.0106. The van der Waals surface area contributed by atoms with Gasteiger partial charge in [0.1, 0.15) is 0 Å². The van der Waals surface area contributed by atoms with Gasteiger partial charge >= 0.3 is 5.97 Å². The van der Waals surface area contributed by atoms with Crippen molar-refractivity contribution in [2.24, 2.45) is 0 Å². The molecule has 0 radical (unpaired) electrons. The first-order valence-electron chi connectivity index (χ1n) is 3.59. The number of hydrogen-bond acceptors (Lipinski definition) is 5. The number of nitrogen functional groups attached to an aromatic ring is 2. The number of carbonyl (C=O) groups excluding carboxylic acids is 1. The number of carboxylic acid groups (broad SMARTS) is 1. The fourth-order valence-corrected chi connectivity index (χ4v) is 0.951. The standard InChI is InChI=1S/C8H8N2O4/c9-5-2-7(14-3-11)6(10)1-4(5)8(12)13/h1-3H,9-10H2,(H,12,13). The SMILES string of the molecule is Nc1cc(C(=O)O)c(N)cc1OC=O. The summed E-state index contributed by atoms with van der Waals surface area (Å²) in [4.78, 5) is 20.6.